The van der Waals surface area contributed by atoms with Gasteiger partial charge in [-0.25, -0.2) is 15.0 Å². The average Bonchev–Trinajstić information content (AvgIpc) is 3.35. The van der Waals surface area contributed by atoms with E-state index in [4.69, 9.17) is 19.9 Å². The molecule has 7 aliphatic rings. The minimum atomic E-state index is 0.164. The molecule has 0 N–H and O–H groups in total. The molecule has 5 unspecified atom stereocenters. The van der Waals surface area contributed by atoms with Crippen LogP contribution in [0.15, 0.2) is 150 Å². The largest absolute Gasteiger partial charge is 0.252 e. The number of benzene rings is 1. The molecule has 4 heteroatoms. The van der Waals surface area contributed by atoms with Crippen molar-refractivity contribution in [1.82, 2.24) is 19.9 Å². The summed E-state index contributed by atoms with van der Waals surface area (Å²) in [5.41, 5.74) is 13.9. The number of rotatable bonds is 9. The third-order valence-corrected chi connectivity index (χ3v) is 14.2. The van der Waals surface area contributed by atoms with E-state index in [0.29, 0.717) is 23.7 Å². The third kappa shape index (κ3) is 8.67. The van der Waals surface area contributed by atoms with Crippen LogP contribution < -0.4 is 0 Å². The molecule has 60 heavy (non-hydrogen) atoms. The van der Waals surface area contributed by atoms with Gasteiger partial charge in [0.2, 0.25) is 0 Å². The number of pyridine rings is 1. The van der Waals surface area contributed by atoms with E-state index < -0.39 is 0 Å². The predicted molar refractivity (Wildman–Crippen MR) is 248 cm³/mol. The Bertz CT molecular complexity index is 2390. The van der Waals surface area contributed by atoms with Crippen molar-refractivity contribution in [2.45, 2.75) is 139 Å². The Balaban J connectivity index is 0.911. The molecule has 10 rings (SSSR count). The minimum absolute atomic E-state index is 0.164. The Morgan fingerprint density at radius 3 is 1.98 bits per heavy atom. The van der Waals surface area contributed by atoms with Crippen LogP contribution in [0.2, 0.25) is 0 Å². The van der Waals surface area contributed by atoms with Gasteiger partial charge in [0.25, 0.3) is 0 Å². The highest BCUT2D eigenvalue weighted by molar-refractivity contribution is 5.75. The summed E-state index contributed by atoms with van der Waals surface area (Å²) >= 11 is 0. The zero-order valence-corrected chi connectivity index (χ0v) is 35.3. The van der Waals surface area contributed by atoms with E-state index in [9.17, 15) is 0 Å². The first-order valence-corrected chi connectivity index (χ1v) is 23.4. The number of nitrogens with zero attached hydrogens (tertiary/aromatic N) is 4. The van der Waals surface area contributed by atoms with E-state index in [-0.39, 0.29) is 5.92 Å². The van der Waals surface area contributed by atoms with E-state index in [1.165, 1.54) is 89.8 Å². The van der Waals surface area contributed by atoms with Crippen molar-refractivity contribution in [2.24, 2.45) is 0 Å². The van der Waals surface area contributed by atoms with Gasteiger partial charge in [-0.05, 0) is 166 Å². The highest BCUT2D eigenvalue weighted by atomic mass is 15.0. The first kappa shape index (κ1) is 38.9. The summed E-state index contributed by atoms with van der Waals surface area (Å²) in [7, 11) is 0. The van der Waals surface area contributed by atoms with Crippen LogP contribution in [0.3, 0.4) is 0 Å². The topological polar surface area (TPSA) is 51.6 Å². The summed E-state index contributed by atoms with van der Waals surface area (Å²) in [6.07, 6.45) is 52.4. The molecule has 0 saturated carbocycles. The lowest BCUT2D eigenvalue weighted by atomic mass is 9.81. The molecule has 2 heterocycles. The van der Waals surface area contributed by atoms with Gasteiger partial charge in [-0.3, -0.25) is 4.98 Å². The van der Waals surface area contributed by atoms with E-state index in [2.05, 4.69) is 128 Å². The van der Waals surface area contributed by atoms with Crippen LogP contribution in [0.25, 0.3) is 11.1 Å². The molecule has 304 valence electrons. The molecule has 0 aliphatic heterocycles. The summed E-state index contributed by atoms with van der Waals surface area (Å²) in [5.74, 6) is 4.59. The molecule has 0 saturated heterocycles. The summed E-state index contributed by atoms with van der Waals surface area (Å²) in [5, 5.41) is 0. The van der Waals surface area contributed by atoms with Crippen LogP contribution in [0.4, 0.5) is 0 Å². The average molecular weight is 789 g/mol. The maximum atomic E-state index is 5.50. The highest BCUT2D eigenvalue weighted by Gasteiger charge is 2.29. The Labute approximate surface area is 358 Å². The SMILES string of the molecule is C1=CCC(c2ccc(C3C=CCCC3)c(C3=CC(C4=CCC(c5nc(C6C=CC(c7ccccc7)=CC6)nc(C6CC=C(C7=CCCCC7)CC6)n5)CC4)=CCC3)n2)C=C1. The molecule has 7 aliphatic carbocycles. The van der Waals surface area contributed by atoms with Crippen molar-refractivity contribution in [1.29, 1.82) is 0 Å². The molecule has 0 spiro atoms. The van der Waals surface area contributed by atoms with Gasteiger partial charge in [0.05, 0.1) is 5.69 Å². The van der Waals surface area contributed by atoms with Crippen molar-refractivity contribution < 1.29 is 0 Å². The molecule has 0 fully saturated rings. The quantitative estimate of drug-likeness (QED) is 0.203. The van der Waals surface area contributed by atoms with Crippen molar-refractivity contribution >= 4 is 11.1 Å². The van der Waals surface area contributed by atoms with Gasteiger partial charge in [-0.1, -0.05) is 115 Å². The predicted octanol–water partition coefficient (Wildman–Crippen LogP) is 14.5. The first-order chi connectivity index (χ1) is 29.7. The summed E-state index contributed by atoms with van der Waals surface area (Å²) in [4.78, 5) is 21.5. The monoisotopic (exact) mass is 788 g/mol. The molecule has 0 amide bonds. The van der Waals surface area contributed by atoms with Gasteiger partial charge < -0.3 is 0 Å². The van der Waals surface area contributed by atoms with Crippen LogP contribution in [-0.4, -0.2) is 19.9 Å². The number of hydrogen-bond donors (Lipinski definition) is 0. The molecule has 0 radical (unpaired) electrons. The summed E-state index contributed by atoms with van der Waals surface area (Å²) in [6, 6.07) is 15.4. The van der Waals surface area contributed by atoms with Gasteiger partial charge in [-0.15, -0.1) is 0 Å². The van der Waals surface area contributed by atoms with Crippen LogP contribution in [0.5, 0.6) is 0 Å². The first-order valence-electron chi connectivity index (χ1n) is 23.4. The Hall–Kier alpha value is -5.22. The number of allylic oxidation sites excluding steroid dienone is 20. The molecule has 0 bridgehead atoms. The van der Waals surface area contributed by atoms with Crippen molar-refractivity contribution in [3.8, 4) is 0 Å². The van der Waals surface area contributed by atoms with Crippen LogP contribution >= 0.6 is 0 Å². The Morgan fingerprint density at radius 1 is 0.467 bits per heavy atom. The zero-order chi connectivity index (χ0) is 40.1. The fraction of sp³-hybridized carbons (Fsp3) is 0.393. The Morgan fingerprint density at radius 2 is 1.28 bits per heavy atom. The maximum absolute atomic E-state index is 5.50. The van der Waals surface area contributed by atoms with Crippen molar-refractivity contribution in [3.05, 3.63) is 190 Å². The molecule has 4 nitrogen and oxygen atoms in total. The summed E-state index contributed by atoms with van der Waals surface area (Å²) in [6.45, 7) is 0. The van der Waals surface area contributed by atoms with Gasteiger partial charge in [0, 0.05) is 35.3 Å². The fourth-order valence-corrected chi connectivity index (χ4v) is 10.7. The second-order valence-electron chi connectivity index (χ2n) is 18.2. The van der Waals surface area contributed by atoms with Gasteiger partial charge >= 0.3 is 0 Å². The standard InChI is InChI=1S/C56H60N4/c1-5-14-39(15-6-1)41-24-30-46(31-25-41)54-58-55(47-32-26-42(27-33-47)40-16-7-2-8-17-40)60-56(59-54)48-34-28-43(29-35-48)49-22-13-23-50(38-49)53-51(44-18-9-3-10-19-44)36-37-52(57-53)45-20-11-4-12-21-45/h1,4-6,9,11-12,14-16,18,20,22,24-26,28,30,36-38,44-48H,2-3,7-8,10,13,17,19,21,23,27,29,31-35H2. The van der Waals surface area contributed by atoms with Crippen LogP contribution in [-0.2, 0) is 0 Å². The van der Waals surface area contributed by atoms with Gasteiger partial charge in [0.1, 0.15) is 17.5 Å². The van der Waals surface area contributed by atoms with Crippen molar-refractivity contribution in [2.75, 3.05) is 0 Å². The maximum Gasteiger partial charge on any atom is 0.139 e. The van der Waals surface area contributed by atoms with E-state index in [0.717, 1.165) is 81.7 Å². The fourth-order valence-electron chi connectivity index (χ4n) is 10.7. The lowest BCUT2D eigenvalue weighted by molar-refractivity contribution is 0.519. The zero-order valence-electron chi connectivity index (χ0n) is 35.3. The van der Waals surface area contributed by atoms with E-state index >= 15 is 0 Å². The summed E-state index contributed by atoms with van der Waals surface area (Å²) < 4.78 is 0. The molecule has 2 aromatic heterocycles. The molecule has 3 aromatic rings. The van der Waals surface area contributed by atoms with Crippen LogP contribution in [0, 0.1) is 0 Å². The van der Waals surface area contributed by atoms with Gasteiger partial charge in [0.15, 0.2) is 0 Å². The second kappa shape index (κ2) is 18.2. The second-order valence-corrected chi connectivity index (χ2v) is 18.2. The third-order valence-electron chi connectivity index (χ3n) is 14.2. The lowest BCUT2D eigenvalue weighted by Crippen LogP contribution is -2.18. The molecule has 1 aromatic carbocycles. The number of hydrogen-bond acceptors (Lipinski definition) is 4. The lowest BCUT2D eigenvalue weighted by Gasteiger charge is -2.27. The van der Waals surface area contributed by atoms with Crippen LogP contribution in [0.1, 0.15) is 179 Å². The highest BCUT2D eigenvalue weighted by Crippen LogP contribution is 2.42. The number of aromatic nitrogens is 4. The minimum Gasteiger partial charge on any atom is -0.252 e. The molecular formula is C56H60N4. The normalized spacial score (nSPS) is 26.7. The van der Waals surface area contributed by atoms with Crippen molar-refractivity contribution in [3.63, 3.8) is 0 Å². The smallest absolute Gasteiger partial charge is 0.139 e. The molecular weight excluding hydrogens is 729 g/mol. The molecule has 5 atom stereocenters. The van der Waals surface area contributed by atoms with E-state index in [1.807, 2.05) is 0 Å². The van der Waals surface area contributed by atoms with Gasteiger partial charge in [-0.2, -0.15) is 0 Å². The van der Waals surface area contributed by atoms with E-state index in [1.54, 1.807) is 11.1 Å². The Kier molecular flexibility index (Phi) is 11.8.